The van der Waals surface area contributed by atoms with Crippen molar-refractivity contribution >= 4 is 28.6 Å². The molecule has 4 heteroatoms. The molecule has 0 aliphatic heterocycles. The molecule has 3 aromatic rings. The number of aromatic nitrogens is 1. The van der Waals surface area contributed by atoms with Gasteiger partial charge in [-0.15, -0.1) is 0 Å². The monoisotopic (exact) mass is 351 g/mol. The van der Waals surface area contributed by atoms with Crippen LogP contribution in [0, 0.1) is 0 Å². The Labute approximate surface area is 152 Å². The first-order valence-electron chi connectivity index (χ1n) is 8.39. The van der Waals surface area contributed by atoms with Crippen LogP contribution in [0.1, 0.15) is 25.3 Å². The minimum Gasteiger partial charge on any atom is -0.480 e. The number of hydrogen-bond acceptors (Lipinski definition) is 3. The number of rotatable bonds is 7. The average Bonchev–Trinajstić information content (AvgIpc) is 2.62. The van der Waals surface area contributed by atoms with E-state index in [-0.39, 0.29) is 0 Å². The van der Waals surface area contributed by atoms with Crippen LogP contribution in [0.15, 0.2) is 71.8 Å². The highest BCUT2D eigenvalue weighted by molar-refractivity contribution is 8.01. The predicted octanol–water partition coefficient (Wildman–Crippen LogP) is 5.19. The van der Waals surface area contributed by atoms with Gasteiger partial charge in [0, 0.05) is 5.39 Å². The highest BCUT2D eigenvalue weighted by Crippen LogP contribution is 2.36. The number of carbonyl (C=O) groups is 1. The van der Waals surface area contributed by atoms with Gasteiger partial charge >= 0.3 is 5.97 Å². The summed E-state index contributed by atoms with van der Waals surface area (Å²) < 4.78 is -0.885. The first-order chi connectivity index (χ1) is 12.1. The van der Waals surface area contributed by atoms with Gasteiger partial charge in [0.15, 0.2) is 0 Å². The van der Waals surface area contributed by atoms with Gasteiger partial charge in [0.2, 0.25) is 0 Å². The van der Waals surface area contributed by atoms with Crippen LogP contribution in [0.25, 0.3) is 10.9 Å². The van der Waals surface area contributed by atoms with E-state index < -0.39 is 10.7 Å². The van der Waals surface area contributed by atoms with E-state index in [0.717, 1.165) is 28.8 Å². The van der Waals surface area contributed by atoms with Gasteiger partial charge in [-0.25, -0.2) is 4.98 Å². The third kappa shape index (κ3) is 4.40. The van der Waals surface area contributed by atoms with Crippen molar-refractivity contribution < 1.29 is 9.90 Å². The highest BCUT2D eigenvalue weighted by Gasteiger charge is 2.34. The molecule has 0 amide bonds. The number of carboxylic acid groups (broad SMARTS) is 1. The Morgan fingerprint density at radius 1 is 1.04 bits per heavy atom. The van der Waals surface area contributed by atoms with E-state index in [1.807, 2.05) is 54.6 Å². The van der Waals surface area contributed by atoms with E-state index in [0.29, 0.717) is 6.42 Å². The third-order valence-corrected chi connectivity index (χ3v) is 5.58. The van der Waals surface area contributed by atoms with Crippen LogP contribution in [0.5, 0.6) is 0 Å². The molecule has 2 aromatic carbocycles. The number of nitrogens with zero attached hydrogens (tertiary/aromatic N) is 1. The van der Waals surface area contributed by atoms with Gasteiger partial charge in [0.1, 0.15) is 4.75 Å². The summed E-state index contributed by atoms with van der Waals surface area (Å²) in [6.07, 6.45) is 2.30. The molecule has 3 nitrogen and oxygen atoms in total. The largest absolute Gasteiger partial charge is 0.480 e. The number of fused-ring (bicyclic) bond motifs is 1. The van der Waals surface area contributed by atoms with Crippen molar-refractivity contribution in [1.82, 2.24) is 4.98 Å². The number of aryl methyl sites for hydroxylation is 1. The Morgan fingerprint density at radius 2 is 1.76 bits per heavy atom. The van der Waals surface area contributed by atoms with Crippen LogP contribution in [-0.2, 0) is 11.2 Å². The standard InChI is InChI=1S/C21H21NO2S/c1-21(20(23)24,15-7-10-16-8-3-2-4-9-16)25-19-14-13-17-11-5-6-12-18(17)22-19/h2-6,8-9,11-14H,7,10,15H2,1H3,(H,23,24). The second kappa shape index (κ2) is 7.70. The van der Waals surface area contributed by atoms with E-state index in [1.54, 1.807) is 6.92 Å². The van der Waals surface area contributed by atoms with Crippen LogP contribution >= 0.6 is 11.8 Å². The van der Waals surface area contributed by atoms with Gasteiger partial charge in [-0.3, -0.25) is 4.79 Å². The van der Waals surface area contributed by atoms with Crippen molar-refractivity contribution in [1.29, 1.82) is 0 Å². The molecule has 0 spiro atoms. The molecule has 3 rings (SSSR count). The smallest absolute Gasteiger partial charge is 0.319 e. The van der Waals surface area contributed by atoms with Crippen LogP contribution < -0.4 is 0 Å². The average molecular weight is 351 g/mol. The summed E-state index contributed by atoms with van der Waals surface area (Å²) in [7, 11) is 0. The summed E-state index contributed by atoms with van der Waals surface area (Å²) in [6.45, 7) is 1.79. The van der Waals surface area contributed by atoms with Crippen molar-refractivity contribution in [3.05, 3.63) is 72.3 Å². The fourth-order valence-electron chi connectivity index (χ4n) is 2.81. The van der Waals surface area contributed by atoms with Gasteiger partial charge in [0.25, 0.3) is 0 Å². The molecule has 0 saturated carbocycles. The van der Waals surface area contributed by atoms with Crippen molar-refractivity contribution in [3.63, 3.8) is 0 Å². The van der Waals surface area contributed by atoms with Gasteiger partial charge in [-0.2, -0.15) is 0 Å². The van der Waals surface area contributed by atoms with Crippen LogP contribution in [0.3, 0.4) is 0 Å². The molecule has 0 radical (unpaired) electrons. The van der Waals surface area contributed by atoms with Crippen molar-refractivity contribution in [3.8, 4) is 0 Å². The molecule has 0 bridgehead atoms. The topological polar surface area (TPSA) is 50.2 Å². The van der Waals surface area contributed by atoms with E-state index >= 15 is 0 Å². The summed E-state index contributed by atoms with van der Waals surface area (Å²) in [5.74, 6) is -0.791. The Balaban J connectivity index is 1.71. The maximum Gasteiger partial charge on any atom is 0.319 e. The molecule has 0 fully saturated rings. The summed E-state index contributed by atoms with van der Waals surface area (Å²) in [5, 5.41) is 11.6. The van der Waals surface area contributed by atoms with Gasteiger partial charge < -0.3 is 5.11 Å². The quantitative estimate of drug-likeness (QED) is 0.595. The number of hydrogen-bond donors (Lipinski definition) is 1. The normalized spacial score (nSPS) is 13.5. The molecule has 25 heavy (non-hydrogen) atoms. The lowest BCUT2D eigenvalue weighted by Crippen LogP contribution is -2.31. The van der Waals surface area contributed by atoms with E-state index in [1.165, 1.54) is 17.3 Å². The number of carboxylic acids is 1. The molecule has 1 aromatic heterocycles. The molecule has 0 aliphatic rings. The molecule has 1 atom stereocenters. The number of thioether (sulfide) groups is 1. The summed E-state index contributed by atoms with van der Waals surface area (Å²) in [4.78, 5) is 16.5. The fourth-order valence-corrected chi connectivity index (χ4v) is 3.89. The molecule has 1 N–H and O–H groups in total. The summed E-state index contributed by atoms with van der Waals surface area (Å²) in [5.41, 5.74) is 2.13. The number of pyridine rings is 1. The Bertz CT molecular complexity index is 866. The second-order valence-corrected chi connectivity index (χ2v) is 7.84. The van der Waals surface area contributed by atoms with Crippen LogP contribution in [-0.4, -0.2) is 20.8 Å². The number of aliphatic carboxylic acids is 1. The van der Waals surface area contributed by atoms with Crippen molar-refractivity contribution in [2.75, 3.05) is 0 Å². The SMILES string of the molecule is CC(CCCc1ccccc1)(Sc1ccc2ccccc2n1)C(=O)O. The summed E-state index contributed by atoms with van der Waals surface area (Å²) in [6, 6.07) is 22.0. The first-order valence-corrected chi connectivity index (χ1v) is 9.21. The first kappa shape index (κ1) is 17.5. The summed E-state index contributed by atoms with van der Waals surface area (Å²) >= 11 is 1.34. The molecular formula is C21H21NO2S. The van der Waals surface area contributed by atoms with Gasteiger partial charge in [-0.1, -0.05) is 66.4 Å². The fraction of sp³-hybridized carbons (Fsp3) is 0.238. The maximum absolute atomic E-state index is 11.9. The minimum atomic E-state index is -0.885. The van der Waals surface area contributed by atoms with E-state index in [2.05, 4.69) is 17.1 Å². The Kier molecular flexibility index (Phi) is 5.39. The Hall–Kier alpha value is -2.33. The highest BCUT2D eigenvalue weighted by atomic mass is 32.2. The minimum absolute atomic E-state index is 0.594. The molecule has 0 saturated heterocycles. The maximum atomic E-state index is 11.9. The van der Waals surface area contributed by atoms with Crippen LogP contribution in [0.4, 0.5) is 0 Å². The third-order valence-electron chi connectivity index (χ3n) is 4.32. The zero-order valence-corrected chi connectivity index (χ0v) is 15.0. The molecular weight excluding hydrogens is 330 g/mol. The van der Waals surface area contributed by atoms with Crippen molar-refractivity contribution in [2.24, 2.45) is 0 Å². The van der Waals surface area contributed by atoms with E-state index in [9.17, 15) is 9.90 Å². The van der Waals surface area contributed by atoms with Gasteiger partial charge in [-0.05, 0) is 43.9 Å². The zero-order chi connectivity index (χ0) is 17.7. The lowest BCUT2D eigenvalue weighted by Gasteiger charge is -2.23. The van der Waals surface area contributed by atoms with Crippen molar-refractivity contribution in [2.45, 2.75) is 36.0 Å². The number of benzene rings is 2. The molecule has 1 heterocycles. The van der Waals surface area contributed by atoms with Crippen LogP contribution in [0.2, 0.25) is 0 Å². The number of para-hydroxylation sites is 1. The Morgan fingerprint density at radius 3 is 2.52 bits per heavy atom. The molecule has 0 aliphatic carbocycles. The van der Waals surface area contributed by atoms with E-state index in [4.69, 9.17) is 0 Å². The lowest BCUT2D eigenvalue weighted by atomic mass is 10.0. The molecule has 128 valence electrons. The zero-order valence-electron chi connectivity index (χ0n) is 14.2. The lowest BCUT2D eigenvalue weighted by molar-refractivity contribution is -0.139. The second-order valence-electron chi connectivity index (χ2n) is 6.32. The van der Waals surface area contributed by atoms with Gasteiger partial charge in [0.05, 0.1) is 10.5 Å². The predicted molar refractivity (Wildman–Crippen MR) is 103 cm³/mol. The molecule has 1 unspecified atom stereocenters.